The first-order chi connectivity index (χ1) is 15.0. The van der Waals surface area contributed by atoms with Gasteiger partial charge in [0.15, 0.2) is 0 Å². The molecule has 4 rings (SSSR count). The van der Waals surface area contributed by atoms with E-state index in [-0.39, 0.29) is 36.0 Å². The van der Waals surface area contributed by atoms with Crippen LogP contribution in [0.2, 0.25) is 0 Å². The highest BCUT2D eigenvalue weighted by molar-refractivity contribution is 5.94. The molecule has 1 atom stereocenters. The fourth-order valence-electron chi connectivity index (χ4n) is 4.60. The summed E-state index contributed by atoms with van der Waals surface area (Å²) in [6.07, 6.45) is 5.81. The Labute approximate surface area is 182 Å². The van der Waals surface area contributed by atoms with Gasteiger partial charge in [-0.25, -0.2) is 0 Å². The van der Waals surface area contributed by atoms with Gasteiger partial charge in [-0.3, -0.25) is 14.4 Å². The molecule has 7 heteroatoms. The van der Waals surface area contributed by atoms with Gasteiger partial charge in [0.2, 0.25) is 5.91 Å². The van der Waals surface area contributed by atoms with Gasteiger partial charge >= 0.3 is 0 Å². The van der Waals surface area contributed by atoms with Gasteiger partial charge in [0.25, 0.3) is 11.5 Å². The van der Waals surface area contributed by atoms with Gasteiger partial charge in [0.1, 0.15) is 12.1 Å². The minimum absolute atomic E-state index is 0.0681. The molecule has 0 bridgehead atoms. The second kappa shape index (κ2) is 9.47. The number of amides is 2. The van der Waals surface area contributed by atoms with Crippen LogP contribution < -0.4 is 10.9 Å². The van der Waals surface area contributed by atoms with Crippen molar-refractivity contribution in [1.82, 2.24) is 19.7 Å². The Hall–Kier alpha value is -2.93. The summed E-state index contributed by atoms with van der Waals surface area (Å²) in [6, 6.07) is 13.2. The van der Waals surface area contributed by atoms with Crippen molar-refractivity contribution in [2.75, 3.05) is 26.7 Å². The van der Waals surface area contributed by atoms with Gasteiger partial charge in [-0.15, -0.1) is 0 Å². The maximum Gasteiger partial charge on any atom is 0.263 e. The summed E-state index contributed by atoms with van der Waals surface area (Å²) in [5.74, 6) is -0.460. The van der Waals surface area contributed by atoms with E-state index in [9.17, 15) is 14.4 Å². The number of rotatable bonds is 5. The van der Waals surface area contributed by atoms with Crippen molar-refractivity contribution in [2.24, 2.45) is 0 Å². The zero-order valence-corrected chi connectivity index (χ0v) is 18.0. The highest BCUT2D eigenvalue weighted by atomic mass is 16.2. The number of hydrogen-bond donors (Lipinski definition) is 1. The summed E-state index contributed by atoms with van der Waals surface area (Å²) in [7, 11) is 2.04. The average molecular weight is 423 g/mol. The molecule has 0 spiro atoms. The van der Waals surface area contributed by atoms with Gasteiger partial charge < -0.3 is 19.7 Å². The average Bonchev–Trinajstić information content (AvgIpc) is 3.28. The van der Waals surface area contributed by atoms with Crippen molar-refractivity contribution in [2.45, 2.75) is 44.3 Å². The van der Waals surface area contributed by atoms with Gasteiger partial charge in [-0.1, -0.05) is 43.2 Å². The quantitative estimate of drug-likeness (QED) is 0.800. The Morgan fingerprint density at radius 3 is 2.52 bits per heavy atom. The van der Waals surface area contributed by atoms with Crippen molar-refractivity contribution < 1.29 is 9.59 Å². The predicted molar refractivity (Wildman–Crippen MR) is 119 cm³/mol. The Morgan fingerprint density at radius 2 is 1.77 bits per heavy atom. The Bertz CT molecular complexity index is 982. The second-order valence-corrected chi connectivity index (χ2v) is 8.59. The summed E-state index contributed by atoms with van der Waals surface area (Å²) in [6.45, 7) is 1.94. The second-order valence-electron chi connectivity index (χ2n) is 8.59. The van der Waals surface area contributed by atoms with Crippen LogP contribution in [0.4, 0.5) is 0 Å². The van der Waals surface area contributed by atoms with Crippen molar-refractivity contribution in [3.05, 3.63) is 70.1 Å². The summed E-state index contributed by atoms with van der Waals surface area (Å²) in [5.41, 5.74) is 0.746. The van der Waals surface area contributed by atoms with Gasteiger partial charge in [0, 0.05) is 31.9 Å². The number of nitrogens with one attached hydrogen (secondary N) is 1. The van der Waals surface area contributed by atoms with E-state index in [1.807, 2.05) is 37.4 Å². The standard InChI is InChI=1S/C24H30N4O3/c1-26-14-15-28(21(16-26)18-8-3-2-4-9-18)24(31)20-12-7-13-27(23(20)30)17-22(29)25-19-10-5-6-11-19/h2-4,7-9,12-13,19,21H,5-6,10-11,14-17H2,1H3,(H,25,29). The molecule has 2 aliphatic rings. The molecule has 164 valence electrons. The molecule has 31 heavy (non-hydrogen) atoms. The monoisotopic (exact) mass is 422 g/mol. The van der Waals surface area contributed by atoms with Crippen LogP contribution in [-0.4, -0.2) is 58.9 Å². The first-order valence-corrected chi connectivity index (χ1v) is 11.1. The first kappa shape index (κ1) is 21.3. The highest BCUT2D eigenvalue weighted by Gasteiger charge is 2.32. The van der Waals surface area contributed by atoms with Crippen molar-refractivity contribution in [3.8, 4) is 0 Å². The lowest BCUT2D eigenvalue weighted by Gasteiger charge is -2.40. The number of aromatic nitrogens is 1. The van der Waals surface area contributed by atoms with E-state index in [0.717, 1.165) is 37.8 Å². The molecule has 1 aliphatic heterocycles. The third-order valence-electron chi connectivity index (χ3n) is 6.31. The number of carbonyl (C=O) groups is 2. The molecule has 1 N–H and O–H groups in total. The number of piperazine rings is 1. The molecule has 0 radical (unpaired) electrons. The first-order valence-electron chi connectivity index (χ1n) is 11.1. The summed E-state index contributed by atoms with van der Waals surface area (Å²) in [5, 5.41) is 3.00. The van der Waals surface area contributed by atoms with Gasteiger partial charge in [0.05, 0.1) is 6.04 Å². The fourth-order valence-corrected chi connectivity index (χ4v) is 4.60. The molecule has 7 nitrogen and oxygen atoms in total. The topological polar surface area (TPSA) is 74.7 Å². The lowest BCUT2D eigenvalue weighted by molar-refractivity contribution is -0.122. The Morgan fingerprint density at radius 1 is 1.03 bits per heavy atom. The number of benzene rings is 1. The molecule has 1 saturated heterocycles. The lowest BCUT2D eigenvalue weighted by atomic mass is 10.0. The summed E-state index contributed by atoms with van der Waals surface area (Å²) >= 11 is 0. The molecule has 2 aromatic rings. The van der Waals surface area contributed by atoms with E-state index in [1.165, 1.54) is 4.57 Å². The fraction of sp³-hybridized carbons (Fsp3) is 0.458. The molecule has 1 aliphatic carbocycles. The van der Waals surface area contributed by atoms with Crippen LogP contribution >= 0.6 is 0 Å². The summed E-state index contributed by atoms with van der Waals surface area (Å²) < 4.78 is 1.34. The molecule has 1 saturated carbocycles. The largest absolute Gasteiger partial charge is 0.352 e. The Balaban J connectivity index is 1.54. The SMILES string of the molecule is CN1CCN(C(=O)c2cccn(CC(=O)NC3CCCC3)c2=O)C(c2ccccc2)C1. The van der Waals surface area contributed by atoms with E-state index in [4.69, 9.17) is 0 Å². The van der Waals surface area contributed by atoms with Crippen molar-refractivity contribution in [3.63, 3.8) is 0 Å². The maximum absolute atomic E-state index is 13.4. The van der Waals surface area contributed by atoms with Crippen LogP contribution in [0.15, 0.2) is 53.5 Å². The molecule has 1 unspecified atom stereocenters. The minimum Gasteiger partial charge on any atom is -0.352 e. The summed E-state index contributed by atoms with van der Waals surface area (Å²) in [4.78, 5) is 42.9. The van der Waals surface area contributed by atoms with E-state index < -0.39 is 5.56 Å². The maximum atomic E-state index is 13.4. The zero-order valence-electron chi connectivity index (χ0n) is 18.0. The van der Waals surface area contributed by atoms with Crippen molar-refractivity contribution in [1.29, 1.82) is 0 Å². The minimum atomic E-state index is -0.417. The molecule has 1 aromatic heterocycles. The van der Waals surface area contributed by atoms with Crippen LogP contribution in [0.3, 0.4) is 0 Å². The van der Waals surface area contributed by atoms with Crippen molar-refractivity contribution >= 4 is 11.8 Å². The van der Waals surface area contributed by atoms with E-state index in [0.29, 0.717) is 13.1 Å². The van der Waals surface area contributed by atoms with E-state index >= 15 is 0 Å². The van der Waals surface area contributed by atoms with Crippen LogP contribution in [0.1, 0.15) is 47.6 Å². The van der Waals surface area contributed by atoms with Crippen LogP contribution in [0.25, 0.3) is 0 Å². The third kappa shape index (κ3) is 4.88. The normalized spacial score (nSPS) is 20.0. The van der Waals surface area contributed by atoms with Crippen LogP contribution in [0, 0.1) is 0 Å². The highest BCUT2D eigenvalue weighted by Crippen LogP contribution is 2.26. The van der Waals surface area contributed by atoms with Crippen LogP contribution in [-0.2, 0) is 11.3 Å². The van der Waals surface area contributed by atoms with Gasteiger partial charge in [-0.2, -0.15) is 0 Å². The third-order valence-corrected chi connectivity index (χ3v) is 6.31. The molecule has 2 heterocycles. The number of hydrogen-bond acceptors (Lipinski definition) is 4. The predicted octanol–water partition coefficient (Wildman–Crippen LogP) is 2.04. The van der Waals surface area contributed by atoms with E-state index in [1.54, 1.807) is 23.2 Å². The lowest BCUT2D eigenvalue weighted by Crippen LogP contribution is -2.50. The molecular formula is C24H30N4O3. The van der Waals surface area contributed by atoms with E-state index in [2.05, 4.69) is 10.2 Å². The number of nitrogens with zero attached hydrogens (tertiary/aromatic N) is 3. The molecule has 1 aromatic carbocycles. The smallest absolute Gasteiger partial charge is 0.263 e. The molecular weight excluding hydrogens is 392 g/mol. The zero-order chi connectivity index (χ0) is 21.8. The van der Waals surface area contributed by atoms with Crippen LogP contribution in [0.5, 0.6) is 0 Å². The Kier molecular flexibility index (Phi) is 6.51. The molecule has 2 amide bonds. The number of likely N-dealkylation sites (N-methyl/N-ethyl adjacent to an activating group) is 1. The molecule has 2 fully saturated rings. The van der Waals surface area contributed by atoms with Gasteiger partial charge in [-0.05, 0) is 37.6 Å². The number of pyridine rings is 1. The number of carbonyl (C=O) groups excluding carboxylic acids is 2.